The lowest BCUT2D eigenvalue weighted by Gasteiger charge is -2.10. The summed E-state index contributed by atoms with van der Waals surface area (Å²) in [6.45, 7) is 10.2. The highest BCUT2D eigenvalue weighted by Crippen LogP contribution is 2.46. The Morgan fingerprint density at radius 3 is 2.04 bits per heavy atom. The Labute approximate surface area is 310 Å². The number of carbonyl (C=O) groups excluding carboxylic acids is 2. The smallest absolute Gasteiger partial charge is 0.356 e. The van der Waals surface area contributed by atoms with Crippen molar-refractivity contribution in [3.63, 3.8) is 0 Å². The van der Waals surface area contributed by atoms with Gasteiger partial charge >= 0.3 is 5.97 Å². The molecule has 13 heteroatoms. The minimum Gasteiger partial charge on any atom is -0.461 e. The third-order valence-corrected chi connectivity index (χ3v) is 11.4. The number of carbonyl (C=O) groups is 2. The van der Waals surface area contributed by atoms with Crippen LogP contribution in [0.4, 0.5) is 5.82 Å². The molecular formula is C39H40N8O3S2. The van der Waals surface area contributed by atoms with Crippen LogP contribution in [-0.4, -0.2) is 53.6 Å². The molecule has 0 atom stereocenters. The van der Waals surface area contributed by atoms with E-state index >= 15 is 0 Å². The van der Waals surface area contributed by atoms with E-state index in [2.05, 4.69) is 60.1 Å². The fourth-order valence-electron chi connectivity index (χ4n) is 5.71. The fraction of sp³-hybridized carbons (Fsp3) is 0.333. The second-order valence-corrected chi connectivity index (χ2v) is 15.6. The molecule has 6 heterocycles. The molecule has 0 saturated heterocycles. The van der Waals surface area contributed by atoms with E-state index < -0.39 is 0 Å². The third kappa shape index (κ3) is 8.00. The molecule has 2 aliphatic rings. The van der Waals surface area contributed by atoms with E-state index in [4.69, 9.17) is 4.74 Å². The van der Waals surface area contributed by atoms with Gasteiger partial charge in [0.2, 0.25) is 5.82 Å². The standard InChI is InChI=1S/C23H23N7OS.C16H17NO2S/c1-13(2)30-22(27-28-29-30)17-5-4-6-21(25-17)26-23(31)18-11-16(14(3)12-24-18)20-10-9-19(32-20)15-7-8-15;1-3-19-16(18)13-8-12(10(2)9-17-13)15-7-6-14(20-15)11-4-5-11/h4-6,9-13,15H,7-8H2,1-3H3,(H,25,26,31);6-9,11H,3-5H2,1-2H3. The van der Waals surface area contributed by atoms with Crippen molar-refractivity contribution in [2.75, 3.05) is 11.9 Å². The number of hydrogen-bond donors (Lipinski definition) is 1. The second kappa shape index (κ2) is 15.2. The molecule has 0 spiro atoms. The van der Waals surface area contributed by atoms with Gasteiger partial charge in [0, 0.05) is 31.9 Å². The van der Waals surface area contributed by atoms with Gasteiger partial charge in [-0.15, -0.1) is 27.8 Å². The zero-order valence-electron chi connectivity index (χ0n) is 29.8. The van der Waals surface area contributed by atoms with Crippen LogP contribution < -0.4 is 5.32 Å². The number of hydrogen-bond acceptors (Lipinski definition) is 11. The van der Waals surface area contributed by atoms with Gasteiger partial charge in [-0.05, 0) is 153 Å². The van der Waals surface area contributed by atoms with Gasteiger partial charge in [-0.3, -0.25) is 9.78 Å². The number of esters is 1. The van der Waals surface area contributed by atoms with Crippen LogP contribution in [0.2, 0.25) is 0 Å². The number of rotatable bonds is 10. The number of nitrogens with one attached hydrogen (secondary N) is 1. The second-order valence-electron chi connectivity index (χ2n) is 13.3. The van der Waals surface area contributed by atoms with Gasteiger partial charge in [0.1, 0.15) is 22.9 Å². The maximum atomic E-state index is 12.9. The van der Waals surface area contributed by atoms with Gasteiger partial charge < -0.3 is 10.1 Å². The monoisotopic (exact) mass is 732 g/mol. The van der Waals surface area contributed by atoms with Gasteiger partial charge in [0.15, 0.2) is 0 Å². The molecule has 2 saturated carbocycles. The number of pyridine rings is 3. The van der Waals surface area contributed by atoms with Crippen LogP contribution in [0.15, 0.2) is 67.0 Å². The van der Waals surface area contributed by atoms with Crippen LogP contribution in [0.5, 0.6) is 0 Å². The van der Waals surface area contributed by atoms with E-state index in [9.17, 15) is 9.59 Å². The molecule has 8 rings (SSSR count). The molecule has 0 bridgehead atoms. The molecule has 1 N–H and O–H groups in total. The number of aryl methyl sites for hydroxylation is 2. The maximum Gasteiger partial charge on any atom is 0.356 e. The zero-order chi connectivity index (χ0) is 36.4. The molecule has 6 aromatic heterocycles. The van der Waals surface area contributed by atoms with Crippen LogP contribution >= 0.6 is 22.7 Å². The molecular weight excluding hydrogens is 693 g/mol. The molecule has 6 aromatic rings. The summed E-state index contributed by atoms with van der Waals surface area (Å²) in [7, 11) is 0. The van der Waals surface area contributed by atoms with E-state index in [1.54, 1.807) is 41.4 Å². The number of anilines is 1. The molecule has 11 nitrogen and oxygen atoms in total. The average molecular weight is 733 g/mol. The summed E-state index contributed by atoms with van der Waals surface area (Å²) in [5.74, 6) is 1.79. The number of amides is 1. The highest BCUT2D eigenvalue weighted by atomic mass is 32.1. The minimum atomic E-state index is -0.354. The summed E-state index contributed by atoms with van der Waals surface area (Å²) in [4.78, 5) is 43.0. The molecule has 0 aromatic carbocycles. The fourth-order valence-corrected chi connectivity index (χ4v) is 8.22. The van der Waals surface area contributed by atoms with E-state index in [1.165, 1.54) is 45.2 Å². The lowest BCUT2D eigenvalue weighted by atomic mass is 10.1. The summed E-state index contributed by atoms with van der Waals surface area (Å²) < 4.78 is 6.71. The van der Waals surface area contributed by atoms with E-state index in [-0.39, 0.29) is 17.9 Å². The van der Waals surface area contributed by atoms with Crippen molar-refractivity contribution < 1.29 is 14.3 Å². The summed E-state index contributed by atoms with van der Waals surface area (Å²) in [6.07, 6.45) is 8.67. The van der Waals surface area contributed by atoms with E-state index in [0.717, 1.165) is 28.2 Å². The number of nitrogens with zero attached hydrogens (tertiary/aromatic N) is 7. The highest BCUT2D eigenvalue weighted by Gasteiger charge is 2.26. The number of tetrazole rings is 1. The molecule has 0 radical (unpaired) electrons. The molecule has 0 aliphatic heterocycles. The van der Waals surface area contributed by atoms with E-state index in [1.807, 2.05) is 63.3 Å². The quantitative estimate of drug-likeness (QED) is 0.137. The van der Waals surface area contributed by atoms with Crippen molar-refractivity contribution in [2.45, 2.75) is 78.2 Å². The maximum absolute atomic E-state index is 12.9. The van der Waals surface area contributed by atoms with Crippen molar-refractivity contribution in [2.24, 2.45) is 0 Å². The van der Waals surface area contributed by atoms with Crippen molar-refractivity contribution in [1.82, 2.24) is 35.2 Å². The summed E-state index contributed by atoms with van der Waals surface area (Å²) >= 11 is 3.63. The SMILES string of the molecule is CCOC(=O)c1cc(-c2ccc(C3CC3)s2)c(C)cn1.Cc1cnc(C(=O)Nc2cccc(-c3nnnn3C(C)C)n2)cc1-c1ccc(C2CC2)s1. The summed E-state index contributed by atoms with van der Waals surface area (Å²) in [5.41, 5.74) is 5.58. The van der Waals surface area contributed by atoms with Crippen LogP contribution in [0.25, 0.3) is 32.4 Å². The minimum absolute atomic E-state index is 0.0907. The van der Waals surface area contributed by atoms with Crippen LogP contribution in [0, 0.1) is 13.8 Å². The number of thiophene rings is 2. The molecule has 2 fully saturated rings. The van der Waals surface area contributed by atoms with Crippen LogP contribution in [0.1, 0.15) is 106 Å². The Hall–Kier alpha value is -5.14. The first-order chi connectivity index (χ1) is 25.2. The topological polar surface area (TPSA) is 138 Å². The summed E-state index contributed by atoms with van der Waals surface area (Å²) in [5, 5.41) is 14.7. The number of ether oxygens (including phenoxy) is 1. The van der Waals surface area contributed by atoms with Crippen molar-refractivity contribution in [1.29, 1.82) is 0 Å². The van der Waals surface area contributed by atoms with E-state index in [0.29, 0.717) is 41.2 Å². The highest BCUT2D eigenvalue weighted by molar-refractivity contribution is 7.16. The first-order valence-corrected chi connectivity index (χ1v) is 19.2. The van der Waals surface area contributed by atoms with Gasteiger partial charge in [0.25, 0.3) is 5.91 Å². The van der Waals surface area contributed by atoms with Gasteiger partial charge in [-0.1, -0.05) is 6.07 Å². The number of aromatic nitrogens is 7. The Morgan fingerprint density at radius 1 is 0.865 bits per heavy atom. The van der Waals surface area contributed by atoms with Crippen LogP contribution in [-0.2, 0) is 4.74 Å². The first kappa shape index (κ1) is 35.3. The Kier molecular flexibility index (Phi) is 10.3. The Balaban J connectivity index is 0.000000180. The first-order valence-electron chi connectivity index (χ1n) is 17.6. The van der Waals surface area contributed by atoms with Crippen molar-refractivity contribution in [3.05, 3.63) is 99.3 Å². The van der Waals surface area contributed by atoms with Gasteiger partial charge in [-0.25, -0.2) is 19.4 Å². The normalized spacial score (nSPS) is 13.8. The third-order valence-electron chi connectivity index (χ3n) is 8.87. The lowest BCUT2D eigenvalue weighted by Crippen LogP contribution is -2.15. The predicted octanol–water partition coefficient (Wildman–Crippen LogP) is 9.05. The van der Waals surface area contributed by atoms with Gasteiger partial charge in [0.05, 0.1) is 12.6 Å². The molecule has 52 heavy (non-hydrogen) atoms. The van der Waals surface area contributed by atoms with Crippen molar-refractivity contribution >= 4 is 40.4 Å². The lowest BCUT2D eigenvalue weighted by molar-refractivity contribution is 0.0519. The average Bonchev–Trinajstić information content (AvgIpc) is 4.00. The zero-order valence-corrected chi connectivity index (χ0v) is 31.4. The molecule has 0 unspecified atom stereocenters. The summed E-state index contributed by atoms with van der Waals surface area (Å²) in [6, 6.07) is 17.9. The predicted molar refractivity (Wildman–Crippen MR) is 204 cm³/mol. The molecule has 1 amide bonds. The van der Waals surface area contributed by atoms with Crippen molar-refractivity contribution in [3.8, 4) is 32.4 Å². The Morgan fingerprint density at radius 2 is 1.46 bits per heavy atom. The molecule has 2 aliphatic carbocycles. The largest absolute Gasteiger partial charge is 0.461 e. The molecule has 266 valence electrons. The Bertz CT molecular complexity index is 2230. The van der Waals surface area contributed by atoms with Gasteiger partial charge in [-0.2, -0.15) is 0 Å². The van der Waals surface area contributed by atoms with Crippen LogP contribution in [0.3, 0.4) is 0 Å².